The molecular formula is C13H20BrN3. The Morgan fingerprint density at radius 1 is 1.59 bits per heavy atom. The molecule has 2 rings (SSSR count). The number of hydrogen-bond acceptors (Lipinski definition) is 3. The van der Waals surface area contributed by atoms with Crippen molar-refractivity contribution in [1.82, 2.24) is 10.3 Å². The third-order valence-electron chi connectivity index (χ3n) is 3.34. The van der Waals surface area contributed by atoms with Crippen molar-refractivity contribution in [3.8, 4) is 0 Å². The van der Waals surface area contributed by atoms with E-state index in [2.05, 4.69) is 51.0 Å². The quantitative estimate of drug-likeness (QED) is 0.926. The molecule has 1 N–H and O–H groups in total. The molecule has 1 aromatic heterocycles. The largest absolute Gasteiger partial charge is 0.355 e. The molecule has 1 atom stereocenters. The Balaban J connectivity index is 2.08. The lowest BCUT2D eigenvalue weighted by atomic mass is 10.2. The standard InChI is InChI=1S/C13H20BrN3/c1-3-17(9-11-5-4-6-15-11)13-7-10(2)12(14)8-16-13/h7-8,11,15H,3-6,9H2,1-2H3. The molecule has 1 aliphatic rings. The van der Waals surface area contributed by atoms with Gasteiger partial charge in [-0.1, -0.05) is 0 Å². The first-order valence-corrected chi connectivity index (χ1v) is 7.10. The molecule has 0 spiro atoms. The van der Waals surface area contributed by atoms with Crippen LogP contribution in [0.15, 0.2) is 16.7 Å². The van der Waals surface area contributed by atoms with E-state index in [-0.39, 0.29) is 0 Å². The highest BCUT2D eigenvalue weighted by Crippen LogP contribution is 2.20. The Bertz CT molecular complexity index is 375. The zero-order chi connectivity index (χ0) is 12.3. The van der Waals surface area contributed by atoms with E-state index < -0.39 is 0 Å². The molecule has 0 amide bonds. The lowest BCUT2D eigenvalue weighted by molar-refractivity contribution is 0.583. The summed E-state index contributed by atoms with van der Waals surface area (Å²) in [4.78, 5) is 6.85. The number of aryl methyl sites for hydroxylation is 1. The average Bonchev–Trinajstić information content (AvgIpc) is 2.82. The molecule has 2 heterocycles. The number of aromatic nitrogens is 1. The molecule has 0 aliphatic carbocycles. The van der Waals surface area contributed by atoms with E-state index >= 15 is 0 Å². The molecule has 0 saturated carbocycles. The normalized spacial score (nSPS) is 19.6. The van der Waals surface area contributed by atoms with Crippen LogP contribution in [-0.2, 0) is 0 Å². The monoisotopic (exact) mass is 297 g/mol. The molecule has 1 aliphatic heterocycles. The van der Waals surface area contributed by atoms with Gasteiger partial charge in [0.15, 0.2) is 0 Å². The van der Waals surface area contributed by atoms with Gasteiger partial charge in [-0.3, -0.25) is 0 Å². The summed E-state index contributed by atoms with van der Waals surface area (Å²) in [6, 6.07) is 2.78. The van der Waals surface area contributed by atoms with Gasteiger partial charge in [0.2, 0.25) is 0 Å². The topological polar surface area (TPSA) is 28.2 Å². The molecule has 4 heteroatoms. The number of nitrogens with zero attached hydrogens (tertiary/aromatic N) is 2. The Kier molecular flexibility index (Phi) is 4.40. The second kappa shape index (κ2) is 5.83. The second-order valence-corrected chi connectivity index (χ2v) is 5.48. The number of likely N-dealkylation sites (N-methyl/N-ethyl adjacent to an activating group) is 1. The van der Waals surface area contributed by atoms with E-state index in [1.807, 2.05) is 6.20 Å². The van der Waals surface area contributed by atoms with Gasteiger partial charge < -0.3 is 10.2 Å². The minimum Gasteiger partial charge on any atom is -0.355 e. The fourth-order valence-corrected chi connectivity index (χ4v) is 2.48. The van der Waals surface area contributed by atoms with Crippen molar-refractivity contribution in [2.24, 2.45) is 0 Å². The van der Waals surface area contributed by atoms with Crippen LogP contribution in [0.5, 0.6) is 0 Å². The van der Waals surface area contributed by atoms with Crippen LogP contribution in [0.3, 0.4) is 0 Å². The Hall–Kier alpha value is -0.610. The van der Waals surface area contributed by atoms with Crippen LogP contribution in [-0.4, -0.2) is 30.7 Å². The number of rotatable bonds is 4. The maximum absolute atomic E-state index is 4.50. The van der Waals surface area contributed by atoms with Gasteiger partial charge in [-0.2, -0.15) is 0 Å². The first-order chi connectivity index (χ1) is 8.20. The number of hydrogen-bond donors (Lipinski definition) is 1. The second-order valence-electron chi connectivity index (χ2n) is 4.62. The Morgan fingerprint density at radius 2 is 2.41 bits per heavy atom. The van der Waals surface area contributed by atoms with Gasteiger partial charge in [0.25, 0.3) is 0 Å². The van der Waals surface area contributed by atoms with Crippen molar-refractivity contribution < 1.29 is 0 Å². The minimum absolute atomic E-state index is 0.626. The van der Waals surface area contributed by atoms with Crippen LogP contribution in [0.1, 0.15) is 25.3 Å². The number of nitrogens with one attached hydrogen (secondary N) is 1. The molecule has 0 aromatic carbocycles. The van der Waals surface area contributed by atoms with Crippen molar-refractivity contribution in [1.29, 1.82) is 0 Å². The predicted molar refractivity (Wildman–Crippen MR) is 75.6 cm³/mol. The summed E-state index contributed by atoms with van der Waals surface area (Å²) in [6.07, 6.45) is 4.48. The van der Waals surface area contributed by atoms with Crippen molar-refractivity contribution >= 4 is 21.7 Å². The summed E-state index contributed by atoms with van der Waals surface area (Å²) >= 11 is 3.50. The predicted octanol–water partition coefficient (Wildman–Crippen LogP) is 2.73. The summed E-state index contributed by atoms with van der Waals surface area (Å²) in [5.74, 6) is 1.09. The maximum Gasteiger partial charge on any atom is 0.128 e. The van der Waals surface area contributed by atoms with E-state index in [9.17, 15) is 0 Å². The SMILES string of the molecule is CCN(CC1CCCN1)c1cc(C)c(Br)cn1. The van der Waals surface area contributed by atoms with Crippen LogP contribution in [0, 0.1) is 6.92 Å². The third kappa shape index (κ3) is 3.19. The van der Waals surface area contributed by atoms with Crippen LogP contribution in [0.4, 0.5) is 5.82 Å². The van der Waals surface area contributed by atoms with E-state index in [0.717, 1.165) is 29.9 Å². The van der Waals surface area contributed by atoms with Crippen molar-refractivity contribution in [3.05, 3.63) is 22.3 Å². The Labute approximate surface area is 112 Å². The summed E-state index contributed by atoms with van der Waals surface area (Å²) in [5.41, 5.74) is 1.24. The third-order valence-corrected chi connectivity index (χ3v) is 4.17. The first kappa shape index (κ1) is 12.8. The highest BCUT2D eigenvalue weighted by atomic mass is 79.9. The van der Waals surface area contributed by atoms with E-state index in [1.165, 1.54) is 18.4 Å². The fourth-order valence-electron chi connectivity index (χ4n) is 2.26. The maximum atomic E-state index is 4.50. The fraction of sp³-hybridized carbons (Fsp3) is 0.615. The minimum atomic E-state index is 0.626. The van der Waals surface area contributed by atoms with Gasteiger partial charge in [-0.15, -0.1) is 0 Å². The molecule has 1 fully saturated rings. The first-order valence-electron chi connectivity index (χ1n) is 6.31. The van der Waals surface area contributed by atoms with E-state index in [4.69, 9.17) is 0 Å². The van der Waals surface area contributed by atoms with Gasteiger partial charge in [0.1, 0.15) is 5.82 Å². The van der Waals surface area contributed by atoms with Crippen molar-refractivity contribution in [2.45, 2.75) is 32.7 Å². The van der Waals surface area contributed by atoms with E-state index in [1.54, 1.807) is 0 Å². The molecule has 0 radical (unpaired) electrons. The lowest BCUT2D eigenvalue weighted by Gasteiger charge is -2.25. The zero-order valence-electron chi connectivity index (χ0n) is 10.5. The van der Waals surface area contributed by atoms with Gasteiger partial charge >= 0.3 is 0 Å². The highest BCUT2D eigenvalue weighted by Gasteiger charge is 2.18. The molecule has 1 unspecified atom stereocenters. The summed E-state index contributed by atoms with van der Waals surface area (Å²) in [6.45, 7) is 7.52. The summed E-state index contributed by atoms with van der Waals surface area (Å²) in [7, 11) is 0. The van der Waals surface area contributed by atoms with Crippen LogP contribution >= 0.6 is 15.9 Å². The highest BCUT2D eigenvalue weighted by molar-refractivity contribution is 9.10. The molecule has 1 aromatic rings. The van der Waals surface area contributed by atoms with Crippen LogP contribution in [0.25, 0.3) is 0 Å². The van der Waals surface area contributed by atoms with Crippen LogP contribution < -0.4 is 10.2 Å². The van der Waals surface area contributed by atoms with Gasteiger partial charge in [-0.05, 0) is 60.8 Å². The van der Waals surface area contributed by atoms with Crippen molar-refractivity contribution in [3.63, 3.8) is 0 Å². The molecule has 3 nitrogen and oxygen atoms in total. The van der Waals surface area contributed by atoms with E-state index in [0.29, 0.717) is 6.04 Å². The van der Waals surface area contributed by atoms with Gasteiger partial charge in [-0.25, -0.2) is 4.98 Å². The Morgan fingerprint density at radius 3 is 3.00 bits per heavy atom. The molecular weight excluding hydrogens is 278 g/mol. The van der Waals surface area contributed by atoms with Gasteiger partial charge in [0, 0.05) is 29.8 Å². The van der Waals surface area contributed by atoms with Crippen molar-refractivity contribution in [2.75, 3.05) is 24.5 Å². The number of anilines is 1. The lowest BCUT2D eigenvalue weighted by Crippen LogP contribution is -2.37. The molecule has 1 saturated heterocycles. The molecule has 0 bridgehead atoms. The smallest absolute Gasteiger partial charge is 0.128 e. The van der Waals surface area contributed by atoms with Crippen LogP contribution in [0.2, 0.25) is 0 Å². The number of halogens is 1. The summed E-state index contributed by atoms with van der Waals surface area (Å²) in [5, 5.41) is 3.54. The molecule has 17 heavy (non-hydrogen) atoms. The average molecular weight is 298 g/mol. The van der Waals surface area contributed by atoms with Gasteiger partial charge in [0.05, 0.1) is 0 Å². The zero-order valence-corrected chi connectivity index (χ0v) is 12.1. The molecule has 94 valence electrons. The number of pyridine rings is 1. The summed E-state index contributed by atoms with van der Waals surface area (Å²) < 4.78 is 1.08.